The first kappa shape index (κ1) is 12.9. The number of nitrogens with two attached hydrogens (primary N) is 1. The maximum absolute atomic E-state index is 11.2. The first-order chi connectivity index (χ1) is 6.07. The number of likely N-dealkylation sites (N-methyl/N-ethyl adjacent to an activating group) is 1. The maximum Gasteiger partial charge on any atom is 0.240 e. The molecule has 1 heterocycles. The molecule has 0 atom stereocenters. The Morgan fingerprint density at radius 3 is 2.50 bits per heavy atom. The van der Waals surface area contributed by atoms with E-state index in [1.54, 1.807) is 20.9 Å². The predicted molar refractivity (Wildman–Crippen MR) is 55.7 cm³/mol. The topological polar surface area (TPSA) is 72.4 Å². The van der Waals surface area contributed by atoms with Gasteiger partial charge < -0.3 is 15.2 Å². The van der Waals surface area contributed by atoms with Crippen molar-refractivity contribution < 1.29 is 9.32 Å². The van der Waals surface area contributed by atoms with Crippen molar-refractivity contribution in [1.29, 1.82) is 0 Å². The Balaban J connectivity index is 0.00000169. The van der Waals surface area contributed by atoms with Gasteiger partial charge in [-0.2, -0.15) is 0 Å². The summed E-state index contributed by atoms with van der Waals surface area (Å²) in [5.74, 6) is 0.469. The molecule has 0 radical (unpaired) electrons. The van der Waals surface area contributed by atoms with Crippen molar-refractivity contribution in [2.24, 2.45) is 5.73 Å². The van der Waals surface area contributed by atoms with Crippen LogP contribution in [0, 0.1) is 13.8 Å². The van der Waals surface area contributed by atoms with Crippen molar-refractivity contribution in [1.82, 2.24) is 5.16 Å². The molecule has 0 saturated carbocycles. The fourth-order valence-electron chi connectivity index (χ4n) is 1.22. The third-order valence-corrected chi connectivity index (χ3v) is 1.88. The molecule has 0 aliphatic rings. The number of amides is 1. The fraction of sp³-hybridized carbons (Fsp3) is 0.500. The van der Waals surface area contributed by atoms with Gasteiger partial charge in [0.2, 0.25) is 5.91 Å². The Morgan fingerprint density at radius 2 is 2.14 bits per heavy atom. The molecule has 0 aliphatic carbocycles. The molecule has 1 aromatic heterocycles. The summed E-state index contributed by atoms with van der Waals surface area (Å²) in [4.78, 5) is 12.7. The average Bonchev–Trinajstić information content (AvgIpc) is 2.44. The molecule has 0 saturated heterocycles. The molecule has 2 N–H and O–H groups in total. The van der Waals surface area contributed by atoms with Crippen LogP contribution in [0.15, 0.2) is 4.52 Å². The van der Waals surface area contributed by atoms with E-state index in [1.165, 1.54) is 4.90 Å². The van der Waals surface area contributed by atoms with E-state index in [0.717, 1.165) is 0 Å². The lowest BCUT2D eigenvalue weighted by Gasteiger charge is -2.14. The molecule has 5 nitrogen and oxygen atoms in total. The lowest BCUT2D eigenvalue weighted by molar-refractivity contribution is -0.117. The smallest absolute Gasteiger partial charge is 0.240 e. The summed E-state index contributed by atoms with van der Waals surface area (Å²) in [5.41, 5.74) is 6.64. The summed E-state index contributed by atoms with van der Waals surface area (Å²) < 4.78 is 4.93. The highest BCUT2D eigenvalue weighted by Gasteiger charge is 2.17. The van der Waals surface area contributed by atoms with Gasteiger partial charge in [-0.3, -0.25) is 4.79 Å². The van der Waals surface area contributed by atoms with E-state index < -0.39 is 0 Å². The number of hydrogen-bond acceptors (Lipinski definition) is 4. The van der Waals surface area contributed by atoms with Crippen molar-refractivity contribution in [3.8, 4) is 0 Å². The van der Waals surface area contributed by atoms with Gasteiger partial charge in [-0.15, -0.1) is 12.4 Å². The standard InChI is InChI=1S/C8H13N3O2.ClH/c1-5-8(6(2)13-10-5)11(3)7(12)4-9;/h4,9H2,1-3H3;1H. The lowest BCUT2D eigenvalue weighted by Crippen LogP contribution is -2.33. The minimum absolute atomic E-state index is 0. The Hall–Kier alpha value is -1.07. The Bertz CT molecular complexity index is 305. The van der Waals surface area contributed by atoms with Crippen molar-refractivity contribution in [2.45, 2.75) is 13.8 Å². The third kappa shape index (κ3) is 2.24. The monoisotopic (exact) mass is 219 g/mol. The summed E-state index contributed by atoms with van der Waals surface area (Å²) in [7, 11) is 1.65. The molecule has 0 fully saturated rings. The van der Waals surface area contributed by atoms with E-state index in [4.69, 9.17) is 10.3 Å². The van der Waals surface area contributed by atoms with Gasteiger partial charge in [0, 0.05) is 7.05 Å². The predicted octanol–water partition coefficient (Wildman–Crippen LogP) is 0.635. The highest BCUT2D eigenvalue weighted by Crippen LogP contribution is 2.22. The summed E-state index contributed by atoms with van der Waals surface area (Å²) in [6, 6.07) is 0. The van der Waals surface area contributed by atoms with Crippen LogP contribution in [0.5, 0.6) is 0 Å². The molecule has 0 aliphatic heterocycles. The molecular formula is C8H14ClN3O2. The second-order valence-electron chi connectivity index (χ2n) is 2.83. The van der Waals surface area contributed by atoms with Gasteiger partial charge in [-0.1, -0.05) is 5.16 Å². The fourth-order valence-corrected chi connectivity index (χ4v) is 1.22. The molecule has 1 aromatic rings. The minimum Gasteiger partial charge on any atom is -0.359 e. The molecule has 0 spiro atoms. The molecule has 1 rings (SSSR count). The number of hydrogen-bond donors (Lipinski definition) is 1. The molecule has 0 unspecified atom stereocenters. The molecule has 6 heteroatoms. The summed E-state index contributed by atoms with van der Waals surface area (Å²) >= 11 is 0. The SMILES string of the molecule is Cc1noc(C)c1N(C)C(=O)CN.Cl. The van der Waals surface area contributed by atoms with Crippen molar-refractivity contribution in [2.75, 3.05) is 18.5 Å². The molecule has 14 heavy (non-hydrogen) atoms. The van der Waals surface area contributed by atoms with Crippen molar-refractivity contribution >= 4 is 24.0 Å². The number of aromatic nitrogens is 1. The van der Waals surface area contributed by atoms with Crippen LogP contribution in [-0.2, 0) is 4.79 Å². The van der Waals surface area contributed by atoms with Crippen LogP contribution >= 0.6 is 12.4 Å². The van der Waals surface area contributed by atoms with Gasteiger partial charge in [0.25, 0.3) is 0 Å². The largest absolute Gasteiger partial charge is 0.359 e. The van der Waals surface area contributed by atoms with Gasteiger partial charge in [-0.05, 0) is 13.8 Å². The van der Waals surface area contributed by atoms with Crippen molar-refractivity contribution in [3.63, 3.8) is 0 Å². The van der Waals surface area contributed by atoms with Gasteiger partial charge >= 0.3 is 0 Å². The molecule has 0 aromatic carbocycles. The molecule has 80 valence electrons. The van der Waals surface area contributed by atoms with Crippen LogP contribution in [0.4, 0.5) is 5.69 Å². The molecular weight excluding hydrogens is 206 g/mol. The van der Waals surface area contributed by atoms with Gasteiger partial charge in [0.05, 0.1) is 6.54 Å². The number of halogens is 1. The first-order valence-corrected chi connectivity index (χ1v) is 3.97. The van der Waals surface area contributed by atoms with E-state index >= 15 is 0 Å². The van der Waals surface area contributed by atoms with Crippen LogP contribution in [-0.4, -0.2) is 24.7 Å². The van der Waals surface area contributed by atoms with Gasteiger partial charge in [0.1, 0.15) is 11.4 Å². The average molecular weight is 220 g/mol. The number of aryl methyl sites for hydroxylation is 2. The van der Waals surface area contributed by atoms with Crippen LogP contribution in [0.3, 0.4) is 0 Å². The second kappa shape index (κ2) is 4.97. The van der Waals surface area contributed by atoms with E-state index in [0.29, 0.717) is 17.1 Å². The zero-order valence-electron chi connectivity index (χ0n) is 8.40. The number of rotatable bonds is 2. The van der Waals surface area contributed by atoms with Gasteiger partial charge in [0.15, 0.2) is 5.76 Å². The normalized spacial score (nSPS) is 9.43. The van der Waals surface area contributed by atoms with E-state index in [-0.39, 0.29) is 24.9 Å². The van der Waals surface area contributed by atoms with E-state index in [9.17, 15) is 4.79 Å². The van der Waals surface area contributed by atoms with E-state index in [2.05, 4.69) is 5.16 Å². The number of nitrogens with zero attached hydrogens (tertiary/aromatic N) is 2. The van der Waals surface area contributed by atoms with Crippen molar-refractivity contribution in [3.05, 3.63) is 11.5 Å². The Kier molecular flexibility index (Phi) is 4.59. The van der Waals surface area contributed by atoms with Crippen LogP contribution < -0.4 is 10.6 Å². The van der Waals surface area contributed by atoms with Crippen LogP contribution in [0.1, 0.15) is 11.5 Å². The summed E-state index contributed by atoms with van der Waals surface area (Å²) in [6.07, 6.45) is 0. The number of anilines is 1. The Labute approximate surface area is 88.6 Å². The minimum atomic E-state index is -0.158. The maximum atomic E-state index is 11.2. The van der Waals surface area contributed by atoms with Crippen LogP contribution in [0.25, 0.3) is 0 Å². The lowest BCUT2D eigenvalue weighted by atomic mass is 10.3. The zero-order chi connectivity index (χ0) is 10.0. The van der Waals surface area contributed by atoms with Gasteiger partial charge in [-0.25, -0.2) is 0 Å². The molecule has 1 amide bonds. The third-order valence-electron chi connectivity index (χ3n) is 1.88. The first-order valence-electron chi connectivity index (χ1n) is 3.97. The summed E-state index contributed by atoms with van der Waals surface area (Å²) in [5, 5.41) is 3.74. The number of carbonyl (C=O) groups excluding carboxylic acids is 1. The quantitative estimate of drug-likeness (QED) is 0.792. The highest BCUT2D eigenvalue weighted by atomic mass is 35.5. The van der Waals surface area contributed by atoms with E-state index in [1.807, 2.05) is 0 Å². The van der Waals surface area contributed by atoms with Crippen LogP contribution in [0.2, 0.25) is 0 Å². The molecule has 0 bridgehead atoms. The number of carbonyl (C=O) groups is 1. The highest BCUT2D eigenvalue weighted by molar-refractivity contribution is 5.95. The zero-order valence-corrected chi connectivity index (χ0v) is 9.22. The Morgan fingerprint density at radius 1 is 1.57 bits per heavy atom. The summed E-state index contributed by atoms with van der Waals surface area (Å²) in [6.45, 7) is 3.53. The second-order valence-corrected chi connectivity index (χ2v) is 2.83.